The predicted octanol–water partition coefficient (Wildman–Crippen LogP) is 3.28. The maximum atomic E-state index is 12.3. The van der Waals surface area contributed by atoms with Crippen molar-refractivity contribution in [3.05, 3.63) is 65.7 Å². The third-order valence-electron chi connectivity index (χ3n) is 4.16. The number of ether oxygens (including phenoxy) is 1. The Kier molecular flexibility index (Phi) is 6.39. The summed E-state index contributed by atoms with van der Waals surface area (Å²) in [5.74, 6) is 0. The van der Waals surface area contributed by atoms with E-state index in [1.54, 1.807) is 12.1 Å². The minimum atomic E-state index is -3.75. The van der Waals surface area contributed by atoms with Crippen molar-refractivity contribution in [1.82, 2.24) is 5.32 Å². The lowest BCUT2D eigenvalue weighted by atomic mass is 9.88. The number of amides is 1. The van der Waals surface area contributed by atoms with E-state index in [9.17, 15) is 13.2 Å². The molecule has 2 rings (SSSR count). The molecule has 0 aliphatic carbocycles. The molecule has 0 aliphatic rings. The third kappa shape index (κ3) is 5.31. The number of sulfonamides is 1. The van der Waals surface area contributed by atoms with Crippen LogP contribution in [0, 0.1) is 0 Å². The highest BCUT2D eigenvalue weighted by atomic mass is 32.2. The number of hydrogen-bond acceptors (Lipinski definition) is 4. The molecule has 0 saturated carbocycles. The van der Waals surface area contributed by atoms with Gasteiger partial charge in [-0.2, -0.15) is 0 Å². The monoisotopic (exact) mass is 376 g/mol. The zero-order chi connectivity index (χ0) is 19.2. The molecule has 0 radical (unpaired) electrons. The molecule has 0 aromatic heterocycles. The van der Waals surface area contributed by atoms with Crippen LogP contribution in [0.3, 0.4) is 0 Å². The summed E-state index contributed by atoms with van der Waals surface area (Å²) >= 11 is 0. The van der Waals surface area contributed by atoms with E-state index in [4.69, 9.17) is 9.88 Å². The van der Waals surface area contributed by atoms with Crippen LogP contribution in [0.4, 0.5) is 4.79 Å². The lowest BCUT2D eigenvalue weighted by molar-refractivity contribution is 0.126. The van der Waals surface area contributed by atoms with E-state index in [1.807, 2.05) is 44.2 Å². The topological polar surface area (TPSA) is 98.5 Å². The summed E-state index contributed by atoms with van der Waals surface area (Å²) in [4.78, 5) is 12.3. The first-order valence-corrected chi connectivity index (χ1v) is 9.91. The Hall–Kier alpha value is -2.38. The number of carbonyl (C=O) groups excluding carboxylic acids is 1. The molecule has 1 atom stereocenters. The average molecular weight is 376 g/mol. The van der Waals surface area contributed by atoms with Crippen molar-refractivity contribution in [1.29, 1.82) is 0 Å². The number of rotatable bonds is 7. The molecule has 2 aromatic carbocycles. The van der Waals surface area contributed by atoms with E-state index in [0.29, 0.717) is 6.42 Å². The first-order valence-electron chi connectivity index (χ1n) is 8.37. The summed E-state index contributed by atoms with van der Waals surface area (Å²) in [6.07, 6.45) is 0.967. The highest BCUT2D eigenvalue weighted by Crippen LogP contribution is 2.27. The van der Waals surface area contributed by atoms with Crippen LogP contribution in [-0.2, 0) is 26.9 Å². The van der Waals surface area contributed by atoms with Gasteiger partial charge in [-0.1, -0.05) is 55.8 Å². The summed E-state index contributed by atoms with van der Waals surface area (Å²) in [5.41, 5.74) is 1.00. The van der Waals surface area contributed by atoms with Crippen molar-refractivity contribution in [2.75, 3.05) is 0 Å². The van der Waals surface area contributed by atoms with E-state index in [0.717, 1.165) is 17.5 Å². The maximum absolute atomic E-state index is 12.3. The molecular weight excluding hydrogens is 352 g/mol. The van der Waals surface area contributed by atoms with Gasteiger partial charge in [-0.05, 0) is 36.6 Å². The summed E-state index contributed by atoms with van der Waals surface area (Å²) < 4.78 is 28.1. The molecule has 0 spiro atoms. The fourth-order valence-electron chi connectivity index (χ4n) is 2.78. The molecule has 1 unspecified atom stereocenters. The van der Waals surface area contributed by atoms with Gasteiger partial charge < -0.3 is 10.1 Å². The number of hydrogen-bond donors (Lipinski definition) is 2. The van der Waals surface area contributed by atoms with Gasteiger partial charge in [0, 0.05) is 0 Å². The summed E-state index contributed by atoms with van der Waals surface area (Å²) in [5, 5.41) is 8.03. The van der Waals surface area contributed by atoms with Crippen LogP contribution in [0.1, 0.15) is 37.8 Å². The molecular formula is C19H24N2O4S. The molecule has 0 aliphatic heterocycles. The highest BCUT2D eigenvalue weighted by molar-refractivity contribution is 7.89. The fourth-order valence-corrected chi connectivity index (χ4v) is 3.29. The normalized spacial score (nSPS) is 13.7. The second kappa shape index (κ2) is 8.33. The van der Waals surface area contributed by atoms with Gasteiger partial charge in [0.25, 0.3) is 0 Å². The molecule has 3 N–H and O–H groups in total. The van der Waals surface area contributed by atoms with Crippen molar-refractivity contribution in [3.63, 3.8) is 0 Å². The Morgan fingerprint density at radius 3 is 2.27 bits per heavy atom. The Bertz CT molecular complexity index is 836. The summed E-state index contributed by atoms with van der Waals surface area (Å²) in [7, 11) is -3.75. The number of nitrogens with one attached hydrogen (secondary N) is 1. The molecule has 26 heavy (non-hydrogen) atoms. The number of nitrogens with two attached hydrogens (primary N) is 1. The lowest BCUT2D eigenvalue weighted by Gasteiger charge is -2.31. The van der Waals surface area contributed by atoms with Crippen LogP contribution in [0.15, 0.2) is 59.5 Å². The van der Waals surface area contributed by atoms with Gasteiger partial charge in [-0.25, -0.2) is 18.4 Å². The Morgan fingerprint density at radius 1 is 1.12 bits per heavy atom. The van der Waals surface area contributed by atoms with Gasteiger partial charge in [0.15, 0.2) is 0 Å². The smallest absolute Gasteiger partial charge is 0.408 e. The number of alkyl carbamates (subject to hydrolysis) is 1. The van der Waals surface area contributed by atoms with Crippen LogP contribution >= 0.6 is 0 Å². The van der Waals surface area contributed by atoms with Gasteiger partial charge in [-0.3, -0.25) is 0 Å². The first-order chi connectivity index (χ1) is 12.2. The van der Waals surface area contributed by atoms with Gasteiger partial charge in [0.1, 0.15) is 6.61 Å². The van der Waals surface area contributed by atoms with E-state index in [-0.39, 0.29) is 11.5 Å². The molecule has 0 saturated heterocycles. The predicted molar refractivity (Wildman–Crippen MR) is 99.8 cm³/mol. The van der Waals surface area contributed by atoms with Crippen LogP contribution in [0.25, 0.3) is 0 Å². The standard InChI is InChI=1S/C19H24N2O4S/c1-3-13-19(2,16-9-11-17(12-10-16)26(20,23)24)21-18(22)25-14-15-7-5-4-6-8-15/h4-12H,3,13-14H2,1-2H3,(H,21,22)(H2,20,23,24). The minimum Gasteiger partial charge on any atom is -0.445 e. The minimum absolute atomic E-state index is 0.0340. The summed E-state index contributed by atoms with van der Waals surface area (Å²) in [6, 6.07) is 15.6. The Morgan fingerprint density at radius 2 is 1.73 bits per heavy atom. The van der Waals surface area contributed by atoms with E-state index in [2.05, 4.69) is 5.32 Å². The molecule has 6 nitrogen and oxygen atoms in total. The van der Waals surface area contributed by atoms with E-state index < -0.39 is 21.7 Å². The number of primary sulfonamides is 1. The van der Waals surface area contributed by atoms with Crippen LogP contribution in [0.2, 0.25) is 0 Å². The van der Waals surface area contributed by atoms with Crippen molar-refractivity contribution in [2.45, 2.75) is 43.7 Å². The third-order valence-corrected chi connectivity index (χ3v) is 5.09. The second-order valence-electron chi connectivity index (χ2n) is 6.34. The molecule has 0 heterocycles. The van der Waals surface area contributed by atoms with Gasteiger partial charge in [0.05, 0.1) is 10.4 Å². The number of benzene rings is 2. The van der Waals surface area contributed by atoms with Crippen molar-refractivity contribution in [2.24, 2.45) is 5.14 Å². The van der Waals surface area contributed by atoms with Crippen molar-refractivity contribution < 1.29 is 17.9 Å². The van der Waals surface area contributed by atoms with Crippen molar-refractivity contribution >= 4 is 16.1 Å². The van der Waals surface area contributed by atoms with Crippen LogP contribution in [-0.4, -0.2) is 14.5 Å². The summed E-state index contributed by atoms with van der Waals surface area (Å²) in [6.45, 7) is 4.07. The molecule has 1 amide bonds. The SMILES string of the molecule is CCCC(C)(NC(=O)OCc1ccccc1)c1ccc(S(N)(=O)=O)cc1. The maximum Gasteiger partial charge on any atom is 0.408 e. The highest BCUT2D eigenvalue weighted by Gasteiger charge is 2.28. The zero-order valence-corrected chi connectivity index (χ0v) is 15.8. The van der Waals surface area contributed by atoms with Crippen LogP contribution in [0.5, 0.6) is 0 Å². The zero-order valence-electron chi connectivity index (χ0n) is 14.9. The van der Waals surface area contributed by atoms with Gasteiger partial charge >= 0.3 is 6.09 Å². The van der Waals surface area contributed by atoms with Crippen molar-refractivity contribution in [3.8, 4) is 0 Å². The van der Waals surface area contributed by atoms with E-state index in [1.165, 1.54) is 12.1 Å². The molecule has 140 valence electrons. The number of carbonyl (C=O) groups is 1. The quantitative estimate of drug-likeness (QED) is 0.775. The molecule has 7 heteroatoms. The van der Waals surface area contributed by atoms with Crippen LogP contribution < -0.4 is 10.5 Å². The lowest BCUT2D eigenvalue weighted by Crippen LogP contribution is -2.43. The molecule has 0 bridgehead atoms. The first kappa shape index (κ1) is 19.9. The largest absolute Gasteiger partial charge is 0.445 e. The Labute approximate surface area is 154 Å². The second-order valence-corrected chi connectivity index (χ2v) is 7.90. The van der Waals surface area contributed by atoms with Gasteiger partial charge in [-0.15, -0.1) is 0 Å². The average Bonchev–Trinajstić information content (AvgIpc) is 2.60. The molecule has 2 aromatic rings. The molecule has 0 fully saturated rings. The Balaban J connectivity index is 2.11. The van der Waals surface area contributed by atoms with E-state index >= 15 is 0 Å². The van der Waals surface area contributed by atoms with Gasteiger partial charge in [0.2, 0.25) is 10.0 Å². The fraction of sp³-hybridized carbons (Fsp3) is 0.316.